The number of amides is 1. The molecule has 1 amide bonds. The fourth-order valence-electron chi connectivity index (χ4n) is 2.80. The second kappa shape index (κ2) is 6.01. The molecule has 1 aromatic carbocycles. The summed E-state index contributed by atoms with van der Waals surface area (Å²) in [5.41, 5.74) is 11.2. The SMILES string of the molecule is CN(NC(=O)c1ccc2nc(N)c(C3CC3)cc2c1)c1ncccn1. The number of nitrogens with one attached hydrogen (secondary N) is 1. The molecule has 3 aromatic rings. The lowest BCUT2D eigenvalue weighted by Crippen LogP contribution is -2.40. The number of carbonyl (C=O) groups is 1. The molecule has 7 heteroatoms. The lowest BCUT2D eigenvalue weighted by atomic mass is 10.1. The number of anilines is 2. The van der Waals surface area contributed by atoms with Crippen molar-refractivity contribution < 1.29 is 4.79 Å². The minimum absolute atomic E-state index is 0.235. The highest BCUT2D eigenvalue weighted by Crippen LogP contribution is 2.43. The van der Waals surface area contributed by atoms with E-state index in [-0.39, 0.29) is 5.91 Å². The molecule has 0 bridgehead atoms. The van der Waals surface area contributed by atoms with Gasteiger partial charge in [0, 0.05) is 30.4 Å². The van der Waals surface area contributed by atoms with Crippen molar-refractivity contribution in [1.82, 2.24) is 20.4 Å². The van der Waals surface area contributed by atoms with E-state index >= 15 is 0 Å². The Morgan fingerprint density at radius 3 is 2.72 bits per heavy atom. The van der Waals surface area contributed by atoms with Crippen molar-refractivity contribution in [2.45, 2.75) is 18.8 Å². The van der Waals surface area contributed by atoms with E-state index < -0.39 is 0 Å². The molecular weight excluding hydrogens is 316 g/mol. The Bertz CT molecular complexity index is 939. The Kier molecular flexibility index (Phi) is 3.68. The highest BCUT2D eigenvalue weighted by Gasteiger charge is 2.26. The summed E-state index contributed by atoms with van der Waals surface area (Å²) in [6.45, 7) is 0. The Labute approximate surface area is 144 Å². The largest absolute Gasteiger partial charge is 0.383 e. The number of aromatic nitrogens is 3. The molecule has 1 aliphatic carbocycles. The average molecular weight is 334 g/mol. The van der Waals surface area contributed by atoms with Crippen LogP contribution in [0, 0.1) is 0 Å². The number of hydrazine groups is 1. The van der Waals surface area contributed by atoms with Gasteiger partial charge in [0.2, 0.25) is 5.95 Å². The highest BCUT2D eigenvalue weighted by atomic mass is 16.2. The first-order chi connectivity index (χ1) is 12.1. The van der Waals surface area contributed by atoms with Gasteiger partial charge in [0.25, 0.3) is 5.91 Å². The number of nitrogen functional groups attached to an aromatic ring is 1. The summed E-state index contributed by atoms with van der Waals surface area (Å²) in [7, 11) is 1.70. The molecule has 0 atom stereocenters. The molecule has 2 heterocycles. The van der Waals surface area contributed by atoms with Gasteiger partial charge in [-0.05, 0) is 54.7 Å². The molecule has 0 unspecified atom stereocenters. The molecule has 0 radical (unpaired) electrons. The number of nitrogens with two attached hydrogens (primary N) is 1. The van der Waals surface area contributed by atoms with Crippen LogP contribution in [-0.2, 0) is 0 Å². The smallest absolute Gasteiger partial charge is 0.269 e. The van der Waals surface area contributed by atoms with E-state index in [1.165, 1.54) is 5.01 Å². The van der Waals surface area contributed by atoms with E-state index in [9.17, 15) is 4.79 Å². The van der Waals surface area contributed by atoms with Gasteiger partial charge in [-0.3, -0.25) is 15.2 Å². The predicted molar refractivity (Wildman–Crippen MR) is 96.0 cm³/mol. The minimum Gasteiger partial charge on any atom is -0.383 e. The number of carbonyl (C=O) groups excluding carboxylic acids is 1. The van der Waals surface area contributed by atoms with Crippen molar-refractivity contribution in [3.8, 4) is 0 Å². The van der Waals surface area contributed by atoms with E-state index in [1.54, 1.807) is 31.6 Å². The Morgan fingerprint density at radius 1 is 1.24 bits per heavy atom. The summed E-state index contributed by atoms with van der Waals surface area (Å²) in [5.74, 6) is 1.28. The molecule has 0 saturated heterocycles. The molecule has 0 aliphatic heterocycles. The molecule has 2 aromatic heterocycles. The molecule has 1 fully saturated rings. The fourth-order valence-corrected chi connectivity index (χ4v) is 2.80. The molecular formula is C18H18N6O. The first-order valence-corrected chi connectivity index (χ1v) is 8.14. The van der Waals surface area contributed by atoms with Gasteiger partial charge in [-0.25, -0.2) is 15.0 Å². The third kappa shape index (κ3) is 3.08. The second-order valence-electron chi connectivity index (χ2n) is 6.19. The van der Waals surface area contributed by atoms with Crippen molar-refractivity contribution in [3.63, 3.8) is 0 Å². The first-order valence-electron chi connectivity index (χ1n) is 8.14. The van der Waals surface area contributed by atoms with E-state index in [2.05, 4.69) is 26.4 Å². The minimum atomic E-state index is -0.235. The summed E-state index contributed by atoms with van der Waals surface area (Å²) in [5, 5.41) is 2.41. The number of hydrogen-bond acceptors (Lipinski definition) is 6. The van der Waals surface area contributed by atoms with Gasteiger partial charge in [-0.1, -0.05) is 0 Å². The van der Waals surface area contributed by atoms with Gasteiger partial charge in [-0.15, -0.1) is 0 Å². The predicted octanol–water partition coefficient (Wildman–Crippen LogP) is 2.27. The van der Waals surface area contributed by atoms with Gasteiger partial charge < -0.3 is 5.73 Å². The molecule has 1 aliphatic rings. The summed E-state index contributed by atoms with van der Waals surface area (Å²) >= 11 is 0. The molecule has 0 spiro atoms. The van der Waals surface area contributed by atoms with Crippen LogP contribution in [0.25, 0.3) is 10.9 Å². The summed E-state index contributed by atoms with van der Waals surface area (Å²) in [6, 6.07) is 9.16. The maximum absolute atomic E-state index is 12.5. The quantitative estimate of drug-likeness (QED) is 0.710. The van der Waals surface area contributed by atoms with Crippen LogP contribution in [0.1, 0.15) is 34.7 Å². The number of pyridine rings is 1. The molecule has 25 heavy (non-hydrogen) atoms. The standard InChI is InChI=1S/C18H18N6O/c1-24(18-20-7-2-8-21-18)23-17(25)12-5-6-15-13(9-12)10-14(11-3-4-11)16(19)22-15/h2,5-11H,3-4H2,1H3,(H2,19,22)(H,23,25). The zero-order valence-electron chi connectivity index (χ0n) is 13.8. The van der Waals surface area contributed by atoms with Crippen LogP contribution < -0.4 is 16.2 Å². The normalized spacial score (nSPS) is 13.6. The Morgan fingerprint density at radius 2 is 2.00 bits per heavy atom. The van der Waals surface area contributed by atoms with E-state index in [4.69, 9.17) is 5.73 Å². The summed E-state index contributed by atoms with van der Waals surface area (Å²) < 4.78 is 0. The van der Waals surface area contributed by atoms with Crippen molar-refractivity contribution in [3.05, 3.63) is 53.9 Å². The zero-order valence-corrected chi connectivity index (χ0v) is 13.8. The average Bonchev–Trinajstić information content (AvgIpc) is 3.46. The van der Waals surface area contributed by atoms with Crippen LogP contribution in [0.15, 0.2) is 42.7 Å². The lowest BCUT2D eigenvalue weighted by Gasteiger charge is -2.17. The van der Waals surface area contributed by atoms with Crippen LogP contribution in [0.5, 0.6) is 0 Å². The monoisotopic (exact) mass is 334 g/mol. The van der Waals surface area contributed by atoms with E-state index in [0.717, 1.165) is 29.3 Å². The highest BCUT2D eigenvalue weighted by molar-refractivity contribution is 5.98. The maximum atomic E-state index is 12.5. The van der Waals surface area contributed by atoms with Crippen molar-refractivity contribution in [1.29, 1.82) is 0 Å². The molecule has 3 N–H and O–H groups in total. The number of nitrogens with zero attached hydrogens (tertiary/aromatic N) is 4. The first kappa shape index (κ1) is 15.3. The van der Waals surface area contributed by atoms with E-state index in [1.807, 2.05) is 12.1 Å². The number of hydrogen-bond donors (Lipinski definition) is 2. The molecule has 4 rings (SSSR count). The van der Waals surface area contributed by atoms with Gasteiger partial charge in [0.15, 0.2) is 0 Å². The maximum Gasteiger partial charge on any atom is 0.269 e. The van der Waals surface area contributed by atoms with Gasteiger partial charge in [-0.2, -0.15) is 0 Å². The number of benzene rings is 1. The van der Waals surface area contributed by atoms with Crippen LogP contribution in [0.3, 0.4) is 0 Å². The third-order valence-electron chi connectivity index (χ3n) is 4.28. The second-order valence-corrected chi connectivity index (χ2v) is 6.19. The third-order valence-corrected chi connectivity index (χ3v) is 4.28. The summed E-state index contributed by atoms with van der Waals surface area (Å²) in [6.07, 6.45) is 5.55. The van der Waals surface area contributed by atoms with Crippen LogP contribution in [-0.4, -0.2) is 27.9 Å². The van der Waals surface area contributed by atoms with Gasteiger partial charge in [0.1, 0.15) is 5.82 Å². The van der Waals surface area contributed by atoms with Crippen molar-refractivity contribution >= 4 is 28.6 Å². The fraction of sp³-hybridized carbons (Fsp3) is 0.222. The zero-order chi connectivity index (χ0) is 17.4. The van der Waals surface area contributed by atoms with Crippen LogP contribution >= 0.6 is 0 Å². The van der Waals surface area contributed by atoms with Crippen LogP contribution in [0.2, 0.25) is 0 Å². The number of rotatable bonds is 4. The van der Waals surface area contributed by atoms with Gasteiger partial charge in [0.05, 0.1) is 5.52 Å². The molecule has 7 nitrogen and oxygen atoms in total. The molecule has 1 saturated carbocycles. The van der Waals surface area contributed by atoms with Gasteiger partial charge >= 0.3 is 0 Å². The van der Waals surface area contributed by atoms with E-state index in [0.29, 0.717) is 23.2 Å². The Hall–Kier alpha value is -3.22. The van der Waals surface area contributed by atoms with Crippen molar-refractivity contribution in [2.75, 3.05) is 17.8 Å². The number of fused-ring (bicyclic) bond motifs is 1. The molecule has 126 valence electrons. The topological polar surface area (TPSA) is 97.0 Å². The lowest BCUT2D eigenvalue weighted by molar-refractivity contribution is 0.0951. The van der Waals surface area contributed by atoms with Crippen LogP contribution in [0.4, 0.5) is 11.8 Å². The summed E-state index contributed by atoms with van der Waals surface area (Å²) in [4.78, 5) is 25.2. The van der Waals surface area contributed by atoms with Crippen molar-refractivity contribution in [2.24, 2.45) is 0 Å². The Balaban J connectivity index is 1.60.